The molecule has 3 aliphatic heterocycles. The van der Waals surface area contributed by atoms with Gasteiger partial charge in [-0.15, -0.1) is 0 Å². The van der Waals surface area contributed by atoms with E-state index in [1.165, 1.54) is 16.4 Å². The van der Waals surface area contributed by atoms with E-state index in [2.05, 4.69) is 5.32 Å². The number of amides is 1. The summed E-state index contributed by atoms with van der Waals surface area (Å²) in [5, 5.41) is 13.2. The van der Waals surface area contributed by atoms with Crippen LogP contribution in [0.4, 0.5) is 14.5 Å². The molecule has 8 nitrogen and oxygen atoms in total. The molecular weight excluding hydrogens is 454 g/mol. The Morgan fingerprint density at radius 3 is 2.30 bits per heavy atom. The number of anilines is 1. The van der Waals surface area contributed by atoms with Gasteiger partial charge in [-0.05, 0) is 37.1 Å². The lowest BCUT2D eigenvalue weighted by Gasteiger charge is -2.36. The number of aliphatic hydroxyl groups excluding tert-OH is 1. The fourth-order valence-electron chi connectivity index (χ4n) is 4.89. The molecule has 3 fully saturated rings. The van der Waals surface area contributed by atoms with E-state index in [9.17, 15) is 27.1 Å². The zero-order valence-corrected chi connectivity index (χ0v) is 19.4. The van der Waals surface area contributed by atoms with Crippen LogP contribution in [0, 0.1) is 0 Å². The minimum atomic E-state index is -3.52. The predicted molar refractivity (Wildman–Crippen MR) is 120 cm³/mol. The Hall–Kier alpha value is -1.66. The van der Waals surface area contributed by atoms with Gasteiger partial charge in [-0.1, -0.05) is 6.42 Å². The molecule has 0 spiro atoms. The number of carbonyl (C=O) groups excluding carboxylic acids is 1. The molecule has 184 valence electrons. The molecule has 0 aliphatic carbocycles. The number of sulfonamides is 1. The number of nitrogens with zero attached hydrogens (tertiary/aromatic N) is 3. The molecule has 0 bridgehead atoms. The number of likely N-dealkylation sites (tertiary alicyclic amines) is 2. The Kier molecular flexibility index (Phi) is 7.35. The van der Waals surface area contributed by atoms with Crippen LogP contribution in [-0.2, 0) is 14.8 Å². The highest BCUT2D eigenvalue weighted by Gasteiger charge is 2.41. The Labute approximate surface area is 193 Å². The summed E-state index contributed by atoms with van der Waals surface area (Å²) in [5.74, 6) is -2.91. The second-order valence-electron chi connectivity index (χ2n) is 9.26. The fourth-order valence-corrected chi connectivity index (χ4v) is 6.40. The SMILES string of the molecule is O=C(CN1C[C@H](O)[C@@H](N2CCC(F)(F)CC2)C1)Nc1ccc(S(=O)(=O)N2CCCCC2)cc1. The third-order valence-electron chi connectivity index (χ3n) is 6.79. The average molecular weight is 487 g/mol. The second kappa shape index (κ2) is 9.91. The summed E-state index contributed by atoms with van der Waals surface area (Å²) in [5.41, 5.74) is 0.493. The Balaban J connectivity index is 1.28. The van der Waals surface area contributed by atoms with Gasteiger partial charge < -0.3 is 10.4 Å². The van der Waals surface area contributed by atoms with Crippen molar-refractivity contribution in [3.8, 4) is 0 Å². The lowest BCUT2D eigenvalue weighted by Crippen LogP contribution is -2.49. The van der Waals surface area contributed by atoms with E-state index >= 15 is 0 Å². The third kappa shape index (κ3) is 5.89. The van der Waals surface area contributed by atoms with Gasteiger partial charge in [0.2, 0.25) is 15.9 Å². The number of rotatable bonds is 6. The summed E-state index contributed by atoms with van der Waals surface area (Å²) >= 11 is 0. The normalized spacial score (nSPS) is 27.5. The van der Waals surface area contributed by atoms with Crippen LogP contribution in [0.25, 0.3) is 0 Å². The summed E-state index contributed by atoms with van der Waals surface area (Å²) in [6, 6.07) is 5.89. The first-order chi connectivity index (χ1) is 15.6. The van der Waals surface area contributed by atoms with Crippen molar-refractivity contribution in [2.24, 2.45) is 0 Å². The van der Waals surface area contributed by atoms with Crippen LogP contribution in [0.3, 0.4) is 0 Å². The maximum absolute atomic E-state index is 13.4. The number of piperidine rings is 2. The minimum Gasteiger partial charge on any atom is -0.390 e. The number of β-amino-alcohol motifs (C(OH)–C–C–N with tert-alkyl or cyclic N) is 1. The van der Waals surface area contributed by atoms with Gasteiger partial charge in [0.1, 0.15) is 0 Å². The van der Waals surface area contributed by atoms with Gasteiger partial charge in [-0.3, -0.25) is 14.6 Å². The highest BCUT2D eigenvalue weighted by molar-refractivity contribution is 7.89. The average Bonchev–Trinajstić information content (AvgIpc) is 3.14. The van der Waals surface area contributed by atoms with Crippen LogP contribution in [0.5, 0.6) is 0 Å². The molecule has 0 saturated carbocycles. The van der Waals surface area contributed by atoms with Crippen molar-refractivity contribution in [1.82, 2.24) is 14.1 Å². The van der Waals surface area contributed by atoms with Gasteiger partial charge in [0.05, 0.1) is 17.5 Å². The van der Waals surface area contributed by atoms with Crippen molar-refractivity contribution in [2.45, 2.75) is 55.1 Å². The van der Waals surface area contributed by atoms with Gasteiger partial charge in [0.25, 0.3) is 5.92 Å². The summed E-state index contributed by atoms with van der Waals surface area (Å²) < 4.78 is 53.8. The van der Waals surface area contributed by atoms with Crippen molar-refractivity contribution >= 4 is 21.6 Å². The molecule has 0 radical (unpaired) electrons. The quantitative estimate of drug-likeness (QED) is 0.634. The first kappa shape index (κ1) is 24.5. The number of carbonyl (C=O) groups is 1. The van der Waals surface area contributed by atoms with E-state index < -0.39 is 22.0 Å². The molecule has 0 aromatic heterocycles. The molecular formula is C22H32F2N4O4S. The van der Waals surface area contributed by atoms with Gasteiger partial charge in [-0.25, -0.2) is 17.2 Å². The number of nitrogens with one attached hydrogen (secondary N) is 1. The molecule has 33 heavy (non-hydrogen) atoms. The van der Waals surface area contributed by atoms with Crippen molar-refractivity contribution in [3.05, 3.63) is 24.3 Å². The van der Waals surface area contributed by atoms with Crippen LogP contribution >= 0.6 is 0 Å². The highest BCUT2D eigenvalue weighted by atomic mass is 32.2. The fraction of sp³-hybridized carbons (Fsp3) is 0.682. The molecule has 3 heterocycles. The highest BCUT2D eigenvalue weighted by Crippen LogP contribution is 2.30. The molecule has 1 aromatic rings. The minimum absolute atomic E-state index is 0.0609. The largest absolute Gasteiger partial charge is 0.390 e. The van der Waals surface area contributed by atoms with E-state index in [0.29, 0.717) is 31.9 Å². The van der Waals surface area contributed by atoms with Crippen molar-refractivity contribution in [3.63, 3.8) is 0 Å². The Morgan fingerprint density at radius 2 is 1.67 bits per heavy atom. The van der Waals surface area contributed by atoms with Crippen molar-refractivity contribution in [1.29, 1.82) is 0 Å². The molecule has 11 heteroatoms. The number of halogens is 2. The summed E-state index contributed by atoms with van der Waals surface area (Å²) in [7, 11) is -3.52. The van der Waals surface area contributed by atoms with Gasteiger partial charge >= 0.3 is 0 Å². The van der Waals surface area contributed by atoms with E-state index in [0.717, 1.165) is 19.3 Å². The first-order valence-electron chi connectivity index (χ1n) is 11.6. The van der Waals surface area contributed by atoms with Crippen LogP contribution in [0.2, 0.25) is 0 Å². The summed E-state index contributed by atoms with van der Waals surface area (Å²) in [6.07, 6.45) is 1.66. The number of alkyl halides is 2. The predicted octanol–water partition coefficient (Wildman–Crippen LogP) is 1.58. The van der Waals surface area contributed by atoms with Crippen LogP contribution in [0.15, 0.2) is 29.2 Å². The number of benzene rings is 1. The van der Waals surface area contributed by atoms with Crippen molar-refractivity contribution < 1.29 is 27.1 Å². The maximum atomic E-state index is 13.4. The third-order valence-corrected chi connectivity index (χ3v) is 8.70. The molecule has 1 aromatic carbocycles. The molecule has 2 atom stereocenters. The van der Waals surface area contributed by atoms with Crippen molar-refractivity contribution in [2.75, 3.05) is 51.1 Å². The molecule has 3 saturated heterocycles. The Morgan fingerprint density at radius 1 is 1.03 bits per heavy atom. The van der Waals surface area contributed by atoms with Gasteiger partial charge in [0.15, 0.2) is 0 Å². The van der Waals surface area contributed by atoms with E-state index in [-0.39, 0.29) is 49.3 Å². The molecule has 0 unspecified atom stereocenters. The number of hydrogen-bond donors (Lipinski definition) is 2. The smallest absolute Gasteiger partial charge is 0.250 e. The summed E-state index contributed by atoms with van der Waals surface area (Å²) in [4.78, 5) is 16.4. The van der Waals surface area contributed by atoms with Gasteiger partial charge in [0, 0.05) is 63.8 Å². The van der Waals surface area contributed by atoms with E-state index in [4.69, 9.17) is 0 Å². The molecule has 4 rings (SSSR count). The van der Waals surface area contributed by atoms with E-state index in [1.807, 2.05) is 9.80 Å². The monoisotopic (exact) mass is 486 g/mol. The van der Waals surface area contributed by atoms with Crippen LogP contribution in [-0.4, -0.2) is 97.4 Å². The summed E-state index contributed by atoms with van der Waals surface area (Å²) in [6.45, 7) is 2.34. The molecule has 1 amide bonds. The molecule has 2 N–H and O–H groups in total. The Bertz CT molecular complexity index is 928. The first-order valence-corrected chi connectivity index (χ1v) is 13.0. The lowest BCUT2D eigenvalue weighted by molar-refractivity contribution is -0.117. The zero-order valence-electron chi connectivity index (χ0n) is 18.6. The van der Waals surface area contributed by atoms with E-state index in [1.54, 1.807) is 12.1 Å². The molecule has 3 aliphatic rings. The van der Waals surface area contributed by atoms with Crippen LogP contribution in [0.1, 0.15) is 32.1 Å². The topological polar surface area (TPSA) is 93.2 Å². The lowest BCUT2D eigenvalue weighted by atomic mass is 10.0. The number of aliphatic hydroxyl groups is 1. The maximum Gasteiger partial charge on any atom is 0.250 e. The van der Waals surface area contributed by atoms with Gasteiger partial charge in [-0.2, -0.15) is 4.31 Å². The number of hydrogen-bond acceptors (Lipinski definition) is 6. The van der Waals surface area contributed by atoms with Crippen LogP contribution < -0.4 is 5.32 Å². The zero-order chi connectivity index (χ0) is 23.6. The second-order valence-corrected chi connectivity index (χ2v) is 11.2. The standard InChI is InChI=1S/C22H32F2N4O4S/c23-22(24)8-12-27(13-9-22)19-14-26(15-20(19)29)16-21(30)25-17-4-6-18(7-5-17)33(31,32)28-10-2-1-3-11-28/h4-7,19-20,29H,1-3,8-16H2,(H,25,30)/t19-,20-/m0/s1.